The van der Waals surface area contributed by atoms with Crippen LogP contribution in [0.15, 0.2) is 42.6 Å². The fourth-order valence-corrected chi connectivity index (χ4v) is 3.21. The lowest BCUT2D eigenvalue weighted by molar-refractivity contribution is -0.122. The molecule has 0 saturated heterocycles. The van der Waals surface area contributed by atoms with Crippen LogP contribution in [0.5, 0.6) is 5.88 Å². The number of carbonyl (C=O) groups is 1. The summed E-state index contributed by atoms with van der Waals surface area (Å²) in [6.45, 7) is 0.449. The number of nitrogens with two attached hydrogens (primary N) is 1. The van der Waals surface area contributed by atoms with E-state index in [4.69, 9.17) is 10.5 Å². The van der Waals surface area contributed by atoms with Crippen molar-refractivity contribution in [2.45, 2.75) is 44.8 Å². The third kappa shape index (κ3) is 4.92. The zero-order valence-electron chi connectivity index (χ0n) is 14.2. The number of aromatic nitrogens is 2. The minimum atomic E-state index is -0.254. The van der Waals surface area contributed by atoms with E-state index in [1.54, 1.807) is 12.3 Å². The van der Waals surface area contributed by atoms with Crippen molar-refractivity contribution in [2.75, 3.05) is 5.32 Å². The van der Waals surface area contributed by atoms with Crippen LogP contribution >= 0.6 is 0 Å². The predicted octanol–water partition coefficient (Wildman–Crippen LogP) is 2.90. The van der Waals surface area contributed by atoms with Gasteiger partial charge in [-0.25, -0.2) is 4.98 Å². The Morgan fingerprint density at radius 3 is 2.76 bits per heavy atom. The number of anilines is 1. The molecule has 1 aromatic heterocycles. The number of ether oxygens (including phenoxy) is 1. The van der Waals surface area contributed by atoms with Crippen molar-refractivity contribution in [3.8, 4) is 5.88 Å². The molecule has 3 N–H and O–H groups in total. The number of amides is 1. The van der Waals surface area contributed by atoms with Gasteiger partial charge in [-0.15, -0.1) is 0 Å². The van der Waals surface area contributed by atoms with Crippen molar-refractivity contribution in [1.29, 1.82) is 0 Å². The van der Waals surface area contributed by atoms with Gasteiger partial charge in [-0.05, 0) is 18.4 Å². The molecule has 2 atom stereocenters. The normalized spacial score (nSPS) is 20.5. The molecule has 1 heterocycles. The molecule has 1 saturated carbocycles. The van der Waals surface area contributed by atoms with Gasteiger partial charge >= 0.3 is 0 Å². The minimum Gasteiger partial charge on any atom is -0.473 e. The number of rotatable bonds is 6. The molecule has 0 radical (unpaired) electrons. The standard InChI is InChI=1S/C19H24N4O2/c20-18(24)15-9-5-2-6-10-16(15)22-19-21-12-11-17(23-19)25-13-14-7-3-1-4-8-14/h1,3-4,7-8,11-12,15-16H,2,5-6,9-10,13H2,(H2,20,24)(H,21,22,23). The zero-order chi connectivity index (χ0) is 17.5. The highest BCUT2D eigenvalue weighted by Gasteiger charge is 2.28. The summed E-state index contributed by atoms with van der Waals surface area (Å²) >= 11 is 0. The topological polar surface area (TPSA) is 90.1 Å². The van der Waals surface area contributed by atoms with Crippen molar-refractivity contribution in [3.63, 3.8) is 0 Å². The first-order valence-corrected chi connectivity index (χ1v) is 8.78. The molecule has 1 aliphatic rings. The predicted molar refractivity (Wildman–Crippen MR) is 96.0 cm³/mol. The van der Waals surface area contributed by atoms with Gasteiger partial charge in [0.25, 0.3) is 0 Å². The van der Waals surface area contributed by atoms with Gasteiger partial charge in [0.2, 0.25) is 17.7 Å². The first kappa shape index (κ1) is 17.2. The van der Waals surface area contributed by atoms with Gasteiger partial charge in [0.15, 0.2) is 0 Å². The van der Waals surface area contributed by atoms with E-state index in [0.717, 1.165) is 37.7 Å². The van der Waals surface area contributed by atoms with Crippen LogP contribution in [0.1, 0.15) is 37.7 Å². The van der Waals surface area contributed by atoms with Crippen LogP contribution in [0, 0.1) is 5.92 Å². The maximum absolute atomic E-state index is 11.8. The molecule has 25 heavy (non-hydrogen) atoms. The van der Waals surface area contributed by atoms with E-state index in [2.05, 4.69) is 15.3 Å². The Bertz CT molecular complexity index is 693. The maximum Gasteiger partial charge on any atom is 0.226 e. The highest BCUT2D eigenvalue weighted by atomic mass is 16.5. The Labute approximate surface area is 147 Å². The second-order valence-electron chi connectivity index (χ2n) is 6.39. The Hall–Kier alpha value is -2.63. The average molecular weight is 340 g/mol. The lowest BCUT2D eigenvalue weighted by atomic mass is 9.94. The summed E-state index contributed by atoms with van der Waals surface area (Å²) in [4.78, 5) is 20.4. The van der Waals surface area contributed by atoms with Gasteiger partial charge in [0, 0.05) is 18.3 Å². The van der Waals surface area contributed by atoms with E-state index in [0.29, 0.717) is 18.4 Å². The summed E-state index contributed by atoms with van der Waals surface area (Å²) in [6, 6.07) is 11.6. The van der Waals surface area contributed by atoms with Crippen LogP contribution in [0.2, 0.25) is 0 Å². The second kappa shape index (κ2) is 8.46. The molecular weight excluding hydrogens is 316 g/mol. The van der Waals surface area contributed by atoms with Crippen LogP contribution in [-0.2, 0) is 11.4 Å². The Morgan fingerprint density at radius 2 is 1.96 bits per heavy atom. The van der Waals surface area contributed by atoms with E-state index in [9.17, 15) is 4.79 Å². The maximum atomic E-state index is 11.8. The Morgan fingerprint density at radius 1 is 1.16 bits per heavy atom. The number of nitrogens with zero attached hydrogens (tertiary/aromatic N) is 2. The van der Waals surface area contributed by atoms with E-state index in [-0.39, 0.29) is 17.9 Å². The molecule has 6 nitrogen and oxygen atoms in total. The average Bonchev–Trinajstić information content (AvgIpc) is 2.87. The molecule has 1 aromatic carbocycles. The second-order valence-corrected chi connectivity index (χ2v) is 6.39. The summed E-state index contributed by atoms with van der Waals surface area (Å²) in [7, 11) is 0. The largest absolute Gasteiger partial charge is 0.473 e. The Kier molecular flexibility index (Phi) is 5.82. The van der Waals surface area contributed by atoms with Gasteiger partial charge in [0.05, 0.1) is 5.92 Å². The lowest BCUT2D eigenvalue weighted by Crippen LogP contribution is -2.38. The highest BCUT2D eigenvalue weighted by molar-refractivity contribution is 5.77. The SMILES string of the molecule is NC(=O)C1CCCCCC1Nc1nccc(OCc2ccccc2)n1. The molecule has 3 rings (SSSR count). The highest BCUT2D eigenvalue weighted by Crippen LogP contribution is 2.25. The molecule has 1 fully saturated rings. The van der Waals surface area contributed by atoms with E-state index >= 15 is 0 Å². The fraction of sp³-hybridized carbons (Fsp3) is 0.421. The third-order valence-corrected chi connectivity index (χ3v) is 4.56. The van der Waals surface area contributed by atoms with Crippen LogP contribution in [0.4, 0.5) is 5.95 Å². The number of hydrogen-bond acceptors (Lipinski definition) is 5. The molecular formula is C19H24N4O2. The van der Waals surface area contributed by atoms with E-state index < -0.39 is 0 Å². The monoisotopic (exact) mass is 340 g/mol. The molecule has 2 unspecified atom stereocenters. The molecule has 2 aromatic rings. The first-order chi connectivity index (χ1) is 12.2. The van der Waals surface area contributed by atoms with E-state index in [1.165, 1.54) is 0 Å². The fourth-order valence-electron chi connectivity index (χ4n) is 3.21. The molecule has 6 heteroatoms. The van der Waals surface area contributed by atoms with Crippen molar-refractivity contribution in [3.05, 3.63) is 48.2 Å². The van der Waals surface area contributed by atoms with Crippen LogP contribution in [-0.4, -0.2) is 21.9 Å². The molecule has 0 spiro atoms. The molecule has 1 aliphatic carbocycles. The van der Waals surface area contributed by atoms with Crippen molar-refractivity contribution in [2.24, 2.45) is 11.7 Å². The molecule has 1 amide bonds. The summed E-state index contributed by atoms with van der Waals surface area (Å²) in [6.07, 6.45) is 6.61. The van der Waals surface area contributed by atoms with Gasteiger partial charge in [-0.3, -0.25) is 4.79 Å². The van der Waals surface area contributed by atoms with Crippen LogP contribution in [0.25, 0.3) is 0 Å². The van der Waals surface area contributed by atoms with Crippen molar-refractivity contribution >= 4 is 11.9 Å². The quantitative estimate of drug-likeness (QED) is 0.789. The van der Waals surface area contributed by atoms with Crippen LogP contribution in [0.3, 0.4) is 0 Å². The summed E-state index contributed by atoms with van der Waals surface area (Å²) in [5.41, 5.74) is 6.66. The lowest BCUT2D eigenvalue weighted by Gasteiger charge is -2.23. The van der Waals surface area contributed by atoms with Crippen LogP contribution < -0.4 is 15.8 Å². The zero-order valence-corrected chi connectivity index (χ0v) is 14.2. The van der Waals surface area contributed by atoms with Gasteiger partial charge in [0.1, 0.15) is 6.61 Å². The van der Waals surface area contributed by atoms with Crippen molar-refractivity contribution < 1.29 is 9.53 Å². The summed E-state index contributed by atoms with van der Waals surface area (Å²) in [5, 5.41) is 3.29. The molecule has 132 valence electrons. The number of nitrogens with one attached hydrogen (secondary N) is 1. The van der Waals surface area contributed by atoms with E-state index in [1.807, 2.05) is 30.3 Å². The third-order valence-electron chi connectivity index (χ3n) is 4.56. The first-order valence-electron chi connectivity index (χ1n) is 8.78. The van der Waals surface area contributed by atoms with Gasteiger partial charge in [-0.2, -0.15) is 4.98 Å². The Balaban J connectivity index is 1.65. The van der Waals surface area contributed by atoms with Gasteiger partial charge in [-0.1, -0.05) is 49.6 Å². The van der Waals surface area contributed by atoms with Gasteiger partial charge < -0.3 is 15.8 Å². The number of benzene rings is 1. The number of primary amides is 1. The summed E-state index contributed by atoms with van der Waals surface area (Å²) < 4.78 is 5.74. The van der Waals surface area contributed by atoms with Crippen molar-refractivity contribution in [1.82, 2.24) is 9.97 Å². The molecule has 0 aliphatic heterocycles. The smallest absolute Gasteiger partial charge is 0.226 e. The summed E-state index contributed by atoms with van der Waals surface area (Å²) in [5.74, 6) is 0.546. The number of hydrogen-bond donors (Lipinski definition) is 2. The molecule has 0 bridgehead atoms. The minimum absolute atomic E-state index is 0.0237. The number of carbonyl (C=O) groups excluding carboxylic acids is 1.